The Labute approximate surface area is 215 Å². The van der Waals surface area contributed by atoms with E-state index in [2.05, 4.69) is 40.2 Å². The number of rotatable bonds is 8. The first-order chi connectivity index (χ1) is 18.2. The molecule has 1 atom stereocenters. The molecule has 0 saturated heterocycles. The molecule has 0 radical (unpaired) electrons. The summed E-state index contributed by atoms with van der Waals surface area (Å²) in [4.78, 5) is 16.6. The second-order valence-corrected chi connectivity index (χ2v) is 9.56. The number of aliphatic carboxylic acids is 1. The van der Waals surface area contributed by atoms with E-state index in [-0.39, 0.29) is 12.5 Å². The summed E-state index contributed by atoms with van der Waals surface area (Å²) < 4.78 is 8.14. The standard InChI is InChI=1S/C31H29N3O3/c35-30(36)20-29(27-9-3-6-21-5-1-2-8-26(21)27)34-17-14-23-19-25(12-13-28(23)34)37-18-15-24-11-10-22-7-4-16-32-31(22)33-24/h1-3,5-6,8-14,17,19,29H,4,7,15-16,18,20H2,(H,32,33)(H,35,36). The van der Waals surface area contributed by atoms with Crippen molar-refractivity contribution >= 4 is 33.5 Å². The number of carboxylic acid groups (broad SMARTS) is 1. The number of fused-ring (bicyclic) bond motifs is 3. The molecule has 3 aromatic carbocycles. The van der Waals surface area contributed by atoms with Crippen LogP contribution in [-0.2, 0) is 17.6 Å². The summed E-state index contributed by atoms with van der Waals surface area (Å²) in [5.74, 6) is 0.973. The zero-order valence-electron chi connectivity index (χ0n) is 20.6. The average molecular weight is 492 g/mol. The predicted molar refractivity (Wildman–Crippen MR) is 147 cm³/mol. The molecule has 0 fully saturated rings. The fourth-order valence-corrected chi connectivity index (χ4v) is 5.35. The van der Waals surface area contributed by atoms with Crippen molar-refractivity contribution in [3.05, 3.63) is 102 Å². The molecule has 5 aromatic rings. The van der Waals surface area contributed by atoms with Gasteiger partial charge in [-0.05, 0) is 65.1 Å². The summed E-state index contributed by atoms with van der Waals surface area (Å²) >= 11 is 0. The molecule has 6 nitrogen and oxygen atoms in total. The Morgan fingerprint density at radius 1 is 1.03 bits per heavy atom. The number of ether oxygens (including phenoxy) is 1. The molecule has 1 unspecified atom stereocenters. The van der Waals surface area contributed by atoms with Crippen LogP contribution in [0.25, 0.3) is 21.7 Å². The topological polar surface area (TPSA) is 76.4 Å². The molecule has 3 heterocycles. The number of nitrogens with zero attached hydrogens (tertiary/aromatic N) is 2. The second kappa shape index (κ2) is 9.97. The summed E-state index contributed by atoms with van der Waals surface area (Å²) in [6.45, 7) is 1.52. The van der Waals surface area contributed by atoms with Gasteiger partial charge in [-0.1, -0.05) is 48.5 Å². The lowest BCUT2D eigenvalue weighted by molar-refractivity contribution is -0.137. The van der Waals surface area contributed by atoms with Gasteiger partial charge in [0.25, 0.3) is 0 Å². The van der Waals surface area contributed by atoms with Crippen LogP contribution in [-0.4, -0.2) is 33.8 Å². The molecule has 2 aromatic heterocycles. The number of nitrogens with one attached hydrogen (secondary N) is 1. The first kappa shape index (κ1) is 23.1. The number of anilines is 1. The minimum absolute atomic E-state index is 0.00132. The molecule has 2 N–H and O–H groups in total. The summed E-state index contributed by atoms with van der Waals surface area (Å²) in [7, 11) is 0. The zero-order valence-corrected chi connectivity index (χ0v) is 20.6. The Balaban J connectivity index is 1.23. The maximum Gasteiger partial charge on any atom is 0.305 e. The molecule has 186 valence electrons. The number of aryl methyl sites for hydroxylation is 1. The number of hydrogen-bond donors (Lipinski definition) is 2. The van der Waals surface area contributed by atoms with E-state index in [0.717, 1.165) is 70.3 Å². The second-order valence-electron chi connectivity index (χ2n) is 9.56. The van der Waals surface area contributed by atoms with Gasteiger partial charge in [0.2, 0.25) is 0 Å². The van der Waals surface area contributed by atoms with Crippen molar-refractivity contribution in [2.75, 3.05) is 18.5 Å². The van der Waals surface area contributed by atoms with E-state index < -0.39 is 5.97 Å². The third-order valence-electron chi connectivity index (χ3n) is 7.16. The normalized spacial score (nSPS) is 13.7. The van der Waals surface area contributed by atoms with Crippen LogP contribution in [0.5, 0.6) is 5.75 Å². The fraction of sp³-hybridized carbons (Fsp3) is 0.226. The fourth-order valence-electron chi connectivity index (χ4n) is 5.35. The van der Waals surface area contributed by atoms with Gasteiger partial charge in [-0.15, -0.1) is 0 Å². The van der Waals surface area contributed by atoms with Crippen LogP contribution in [0.3, 0.4) is 0 Å². The Hall–Kier alpha value is -4.32. The van der Waals surface area contributed by atoms with Gasteiger partial charge in [0.15, 0.2) is 0 Å². The Morgan fingerprint density at radius 2 is 1.92 bits per heavy atom. The lowest BCUT2D eigenvalue weighted by Crippen LogP contribution is -2.15. The highest BCUT2D eigenvalue weighted by Crippen LogP contribution is 2.33. The first-order valence-electron chi connectivity index (χ1n) is 12.8. The van der Waals surface area contributed by atoms with Gasteiger partial charge in [0.1, 0.15) is 11.6 Å². The highest BCUT2D eigenvalue weighted by molar-refractivity contribution is 5.88. The first-order valence-corrected chi connectivity index (χ1v) is 12.8. The van der Waals surface area contributed by atoms with Crippen molar-refractivity contribution in [3.8, 4) is 5.75 Å². The van der Waals surface area contributed by atoms with Crippen molar-refractivity contribution in [3.63, 3.8) is 0 Å². The van der Waals surface area contributed by atoms with Crippen LogP contribution in [0.4, 0.5) is 5.82 Å². The van der Waals surface area contributed by atoms with Crippen molar-refractivity contribution in [1.29, 1.82) is 0 Å². The minimum Gasteiger partial charge on any atom is -0.493 e. The maximum absolute atomic E-state index is 11.9. The Bertz CT molecular complexity index is 1580. The Kier molecular flexibility index (Phi) is 6.23. The van der Waals surface area contributed by atoms with E-state index in [0.29, 0.717) is 6.61 Å². The van der Waals surface area contributed by atoms with Crippen LogP contribution in [0.1, 0.15) is 35.7 Å². The quantitative estimate of drug-likeness (QED) is 0.269. The van der Waals surface area contributed by atoms with Crippen LogP contribution in [0, 0.1) is 0 Å². The maximum atomic E-state index is 11.9. The summed E-state index contributed by atoms with van der Waals surface area (Å²) in [6.07, 6.45) is 4.95. The summed E-state index contributed by atoms with van der Waals surface area (Å²) in [5.41, 5.74) is 4.29. The lowest BCUT2D eigenvalue weighted by Gasteiger charge is -2.21. The van der Waals surface area contributed by atoms with Gasteiger partial charge in [0.05, 0.1) is 19.1 Å². The third-order valence-corrected chi connectivity index (χ3v) is 7.16. The number of pyridine rings is 1. The predicted octanol–water partition coefficient (Wildman–Crippen LogP) is 6.23. The Morgan fingerprint density at radius 3 is 2.84 bits per heavy atom. The molecule has 0 amide bonds. The van der Waals surface area contributed by atoms with Crippen LogP contribution in [0.15, 0.2) is 85.1 Å². The molecular weight excluding hydrogens is 462 g/mol. The monoisotopic (exact) mass is 491 g/mol. The minimum atomic E-state index is -0.828. The van der Waals surface area contributed by atoms with E-state index >= 15 is 0 Å². The van der Waals surface area contributed by atoms with Crippen LogP contribution >= 0.6 is 0 Å². The van der Waals surface area contributed by atoms with Crippen molar-refractivity contribution in [1.82, 2.24) is 9.55 Å². The molecule has 1 aliphatic heterocycles. The molecule has 0 spiro atoms. The molecular formula is C31H29N3O3. The van der Waals surface area contributed by atoms with Crippen molar-refractivity contribution < 1.29 is 14.6 Å². The van der Waals surface area contributed by atoms with Gasteiger partial charge in [0, 0.05) is 35.8 Å². The van der Waals surface area contributed by atoms with Gasteiger partial charge in [-0.2, -0.15) is 0 Å². The molecule has 37 heavy (non-hydrogen) atoms. The zero-order chi connectivity index (χ0) is 25.2. The number of carboxylic acids is 1. The van der Waals surface area contributed by atoms with E-state index in [1.807, 2.05) is 54.7 Å². The number of hydrogen-bond acceptors (Lipinski definition) is 4. The highest BCUT2D eigenvalue weighted by Gasteiger charge is 2.21. The SMILES string of the molecule is O=C(O)CC(c1cccc2ccccc12)n1ccc2cc(OCCc3ccc4c(n3)NCCC4)ccc21. The summed E-state index contributed by atoms with van der Waals surface area (Å²) in [5, 5.41) is 16.3. The molecule has 1 aliphatic rings. The van der Waals surface area contributed by atoms with Crippen LogP contribution in [0.2, 0.25) is 0 Å². The largest absolute Gasteiger partial charge is 0.493 e. The lowest BCUT2D eigenvalue weighted by atomic mass is 9.96. The smallest absolute Gasteiger partial charge is 0.305 e. The molecule has 0 bridgehead atoms. The number of benzene rings is 3. The van der Waals surface area contributed by atoms with E-state index in [9.17, 15) is 9.90 Å². The van der Waals surface area contributed by atoms with Crippen molar-refractivity contribution in [2.24, 2.45) is 0 Å². The van der Waals surface area contributed by atoms with Gasteiger partial charge in [-0.3, -0.25) is 4.79 Å². The average Bonchev–Trinajstić information content (AvgIpc) is 3.34. The number of carbonyl (C=O) groups is 1. The molecule has 0 aliphatic carbocycles. The van der Waals surface area contributed by atoms with Crippen LogP contribution < -0.4 is 10.1 Å². The van der Waals surface area contributed by atoms with Gasteiger partial charge in [-0.25, -0.2) is 4.98 Å². The van der Waals surface area contributed by atoms with E-state index in [1.165, 1.54) is 5.56 Å². The van der Waals surface area contributed by atoms with Gasteiger partial charge >= 0.3 is 5.97 Å². The van der Waals surface area contributed by atoms with E-state index in [1.54, 1.807) is 0 Å². The highest BCUT2D eigenvalue weighted by atomic mass is 16.5. The third kappa shape index (κ3) is 4.75. The molecule has 0 saturated carbocycles. The number of aromatic nitrogens is 2. The van der Waals surface area contributed by atoms with Crippen molar-refractivity contribution in [2.45, 2.75) is 31.7 Å². The molecule has 6 heteroatoms. The molecule has 6 rings (SSSR count). The summed E-state index contributed by atoms with van der Waals surface area (Å²) in [6, 6.07) is 26.2. The van der Waals surface area contributed by atoms with Gasteiger partial charge < -0.3 is 19.7 Å². The van der Waals surface area contributed by atoms with E-state index in [4.69, 9.17) is 9.72 Å².